The summed E-state index contributed by atoms with van der Waals surface area (Å²) in [5.41, 5.74) is 5.02. The van der Waals surface area contributed by atoms with Crippen LogP contribution in [0.25, 0.3) is 17.1 Å². The topological polar surface area (TPSA) is 69.0 Å². The van der Waals surface area contributed by atoms with Crippen molar-refractivity contribution in [1.82, 2.24) is 14.8 Å². The number of carbonyl (C=O) groups excluding carboxylic acids is 1. The number of ether oxygens (including phenoxy) is 1. The molecule has 0 aliphatic rings. The van der Waals surface area contributed by atoms with Gasteiger partial charge in [-0.15, -0.1) is 10.2 Å². The van der Waals surface area contributed by atoms with Crippen molar-refractivity contribution in [2.75, 3.05) is 18.2 Å². The number of methoxy groups -OCH3 is 1. The summed E-state index contributed by atoms with van der Waals surface area (Å²) in [6.45, 7) is 4.17. The predicted octanol–water partition coefficient (Wildman–Crippen LogP) is 5.29. The minimum Gasteiger partial charge on any atom is -0.497 e. The van der Waals surface area contributed by atoms with Crippen LogP contribution in [0.3, 0.4) is 0 Å². The summed E-state index contributed by atoms with van der Waals surface area (Å²) in [6.07, 6.45) is 0. The quantitative estimate of drug-likeness (QED) is 0.392. The number of aryl methyl sites for hydroxylation is 2. The maximum absolute atomic E-state index is 12.6. The predicted molar refractivity (Wildman–Crippen MR) is 129 cm³/mol. The Hall–Kier alpha value is -3.58. The fourth-order valence-electron chi connectivity index (χ4n) is 3.26. The summed E-state index contributed by atoms with van der Waals surface area (Å²) in [5.74, 6) is 1.51. The number of nitrogens with zero attached hydrogens (tertiary/aromatic N) is 3. The van der Waals surface area contributed by atoms with Gasteiger partial charge in [-0.05, 0) is 49.2 Å². The molecule has 7 heteroatoms. The zero-order valence-electron chi connectivity index (χ0n) is 18.2. The van der Waals surface area contributed by atoms with Crippen molar-refractivity contribution in [2.24, 2.45) is 0 Å². The Morgan fingerprint density at radius 1 is 0.969 bits per heavy atom. The van der Waals surface area contributed by atoms with Crippen molar-refractivity contribution >= 4 is 23.4 Å². The zero-order valence-corrected chi connectivity index (χ0v) is 19.0. The highest BCUT2D eigenvalue weighted by Crippen LogP contribution is 2.29. The molecule has 1 N–H and O–H groups in total. The third-order valence-electron chi connectivity index (χ3n) is 5.10. The molecule has 0 radical (unpaired) electrons. The van der Waals surface area contributed by atoms with Gasteiger partial charge in [0.05, 0.1) is 18.6 Å². The molecule has 0 atom stereocenters. The maximum Gasteiger partial charge on any atom is 0.234 e. The summed E-state index contributed by atoms with van der Waals surface area (Å²) in [4.78, 5) is 12.6. The molecule has 6 nitrogen and oxygen atoms in total. The van der Waals surface area contributed by atoms with Crippen LogP contribution in [0.5, 0.6) is 5.75 Å². The van der Waals surface area contributed by atoms with Gasteiger partial charge in [0.1, 0.15) is 5.75 Å². The third-order valence-corrected chi connectivity index (χ3v) is 6.03. The van der Waals surface area contributed by atoms with Crippen LogP contribution in [0.4, 0.5) is 5.69 Å². The molecule has 0 aliphatic heterocycles. The number of hydrogen-bond acceptors (Lipinski definition) is 5. The lowest BCUT2D eigenvalue weighted by Crippen LogP contribution is -2.14. The van der Waals surface area contributed by atoms with Crippen LogP contribution < -0.4 is 10.1 Å². The smallest absolute Gasteiger partial charge is 0.234 e. The Balaban J connectivity index is 1.60. The van der Waals surface area contributed by atoms with Crippen molar-refractivity contribution in [3.63, 3.8) is 0 Å². The van der Waals surface area contributed by atoms with Crippen LogP contribution in [-0.2, 0) is 4.79 Å². The first-order valence-corrected chi connectivity index (χ1v) is 11.2. The van der Waals surface area contributed by atoms with Crippen molar-refractivity contribution in [1.29, 1.82) is 0 Å². The second kappa shape index (κ2) is 9.70. The summed E-state index contributed by atoms with van der Waals surface area (Å²) in [6, 6.07) is 23.5. The molecule has 0 aliphatic carbocycles. The van der Waals surface area contributed by atoms with Gasteiger partial charge in [-0.2, -0.15) is 0 Å². The van der Waals surface area contributed by atoms with Gasteiger partial charge in [-0.25, -0.2) is 0 Å². The van der Waals surface area contributed by atoms with E-state index in [1.165, 1.54) is 22.9 Å². The van der Waals surface area contributed by atoms with Gasteiger partial charge in [0, 0.05) is 17.3 Å². The molecule has 0 unspecified atom stereocenters. The van der Waals surface area contributed by atoms with E-state index in [1.807, 2.05) is 53.1 Å². The number of rotatable bonds is 7. The standard InChI is InChI=1S/C25H24N4O2S/c1-17-12-13-21(14-18(17)2)29-24(19-8-5-4-6-9-19)27-28-25(29)32-16-23(30)26-20-10-7-11-22(15-20)31-3/h4-15H,16H2,1-3H3,(H,26,30). The molecular weight excluding hydrogens is 420 g/mol. The Kier molecular flexibility index (Phi) is 6.56. The molecule has 1 amide bonds. The Bertz CT molecular complexity index is 1240. The molecule has 162 valence electrons. The Morgan fingerprint density at radius 3 is 2.53 bits per heavy atom. The SMILES string of the molecule is COc1cccc(NC(=O)CSc2nnc(-c3ccccc3)n2-c2ccc(C)c(C)c2)c1. The van der Waals surface area contributed by atoms with Crippen LogP contribution >= 0.6 is 11.8 Å². The first-order chi connectivity index (χ1) is 15.5. The van der Waals surface area contributed by atoms with Gasteiger partial charge in [0.2, 0.25) is 5.91 Å². The Labute approximate surface area is 191 Å². The number of nitrogens with one attached hydrogen (secondary N) is 1. The normalized spacial score (nSPS) is 10.7. The number of benzene rings is 3. The summed E-state index contributed by atoms with van der Waals surface area (Å²) in [5, 5.41) is 12.4. The Morgan fingerprint density at radius 2 is 1.78 bits per heavy atom. The summed E-state index contributed by atoms with van der Waals surface area (Å²) in [7, 11) is 1.60. The molecule has 1 aromatic heterocycles. The van der Waals surface area contributed by atoms with E-state index in [-0.39, 0.29) is 11.7 Å². The molecule has 0 saturated heterocycles. The van der Waals surface area contributed by atoms with Crippen molar-refractivity contribution in [3.05, 3.63) is 83.9 Å². The molecular formula is C25H24N4O2S. The molecule has 32 heavy (non-hydrogen) atoms. The highest BCUT2D eigenvalue weighted by molar-refractivity contribution is 7.99. The third kappa shape index (κ3) is 4.84. The molecule has 0 fully saturated rings. The molecule has 4 rings (SSSR count). The zero-order chi connectivity index (χ0) is 22.5. The minimum absolute atomic E-state index is 0.126. The largest absolute Gasteiger partial charge is 0.497 e. The van der Waals surface area contributed by atoms with Crippen LogP contribution in [0, 0.1) is 13.8 Å². The molecule has 0 saturated carbocycles. The van der Waals surface area contributed by atoms with E-state index in [9.17, 15) is 4.79 Å². The van der Waals surface area contributed by atoms with Gasteiger partial charge in [-0.1, -0.05) is 54.2 Å². The number of carbonyl (C=O) groups is 1. The lowest BCUT2D eigenvalue weighted by Gasteiger charge is -2.12. The van der Waals surface area contributed by atoms with E-state index in [2.05, 4.69) is 47.6 Å². The maximum atomic E-state index is 12.6. The molecule has 0 spiro atoms. The summed E-state index contributed by atoms with van der Waals surface area (Å²) >= 11 is 1.35. The van der Waals surface area contributed by atoms with Gasteiger partial charge in [0.15, 0.2) is 11.0 Å². The fraction of sp³-hybridized carbons (Fsp3) is 0.160. The highest BCUT2D eigenvalue weighted by Gasteiger charge is 2.17. The lowest BCUT2D eigenvalue weighted by molar-refractivity contribution is -0.113. The lowest BCUT2D eigenvalue weighted by atomic mass is 10.1. The van der Waals surface area contributed by atoms with Crippen LogP contribution in [0.15, 0.2) is 78.0 Å². The highest BCUT2D eigenvalue weighted by atomic mass is 32.2. The van der Waals surface area contributed by atoms with Crippen molar-refractivity contribution in [3.8, 4) is 22.8 Å². The molecule has 0 bridgehead atoms. The van der Waals surface area contributed by atoms with Gasteiger partial charge >= 0.3 is 0 Å². The number of anilines is 1. The van der Waals surface area contributed by atoms with E-state index in [4.69, 9.17) is 4.74 Å². The average molecular weight is 445 g/mol. The van der Waals surface area contributed by atoms with E-state index in [1.54, 1.807) is 13.2 Å². The monoisotopic (exact) mass is 444 g/mol. The average Bonchev–Trinajstić information content (AvgIpc) is 3.24. The van der Waals surface area contributed by atoms with Gasteiger partial charge in [0.25, 0.3) is 0 Å². The van der Waals surface area contributed by atoms with Crippen LogP contribution in [-0.4, -0.2) is 33.5 Å². The van der Waals surface area contributed by atoms with Crippen LogP contribution in [0.1, 0.15) is 11.1 Å². The number of amides is 1. The van der Waals surface area contributed by atoms with Crippen molar-refractivity contribution in [2.45, 2.75) is 19.0 Å². The minimum atomic E-state index is -0.126. The molecule has 1 heterocycles. The van der Waals surface area contributed by atoms with Crippen LogP contribution in [0.2, 0.25) is 0 Å². The molecule has 4 aromatic rings. The molecule has 3 aromatic carbocycles. The van der Waals surface area contributed by atoms with E-state index >= 15 is 0 Å². The van der Waals surface area contributed by atoms with Crippen molar-refractivity contribution < 1.29 is 9.53 Å². The first-order valence-electron chi connectivity index (χ1n) is 10.2. The number of hydrogen-bond donors (Lipinski definition) is 1. The number of thioether (sulfide) groups is 1. The fourth-order valence-corrected chi connectivity index (χ4v) is 4.01. The second-order valence-corrected chi connectivity index (χ2v) is 8.29. The van der Waals surface area contributed by atoms with Gasteiger partial charge in [-0.3, -0.25) is 9.36 Å². The first kappa shape index (κ1) is 21.6. The second-order valence-electron chi connectivity index (χ2n) is 7.34. The van der Waals surface area contributed by atoms with E-state index in [0.717, 1.165) is 17.1 Å². The van der Waals surface area contributed by atoms with E-state index < -0.39 is 0 Å². The van der Waals surface area contributed by atoms with Gasteiger partial charge < -0.3 is 10.1 Å². The summed E-state index contributed by atoms with van der Waals surface area (Å²) < 4.78 is 7.22. The number of aromatic nitrogens is 3. The van der Waals surface area contributed by atoms with E-state index in [0.29, 0.717) is 16.6 Å².